The van der Waals surface area contributed by atoms with Crippen LogP contribution in [0.5, 0.6) is 0 Å². The van der Waals surface area contributed by atoms with Crippen LogP contribution in [0.1, 0.15) is 30.1 Å². The summed E-state index contributed by atoms with van der Waals surface area (Å²) in [6.45, 7) is -0.574. The first kappa shape index (κ1) is 14.6. The molecular weight excluding hydrogens is 292 g/mol. The summed E-state index contributed by atoms with van der Waals surface area (Å²) in [6.07, 6.45) is 3.85. The maximum Gasteiger partial charge on any atom is 0.246 e. The van der Waals surface area contributed by atoms with E-state index in [0.29, 0.717) is 12.1 Å². The second kappa shape index (κ2) is 5.84. The molecule has 1 amide bonds. The zero-order valence-electron chi connectivity index (χ0n) is 11.7. The lowest BCUT2D eigenvalue weighted by Crippen LogP contribution is -2.32. The third-order valence-corrected chi connectivity index (χ3v) is 3.75. The van der Waals surface area contributed by atoms with E-state index in [2.05, 4.69) is 10.4 Å². The van der Waals surface area contributed by atoms with Crippen LogP contribution in [0.2, 0.25) is 0 Å². The smallest absolute Gasteiger partial charge is 0.246 e. The highest BCUT2D eigenvalue weighted by Crippen LogP contribution is 2.31. The van der Waals surface area contributed by atoms with Gasteiger partial charge in [0.05, 0.1) is 17.9 Å². The van der Waals surface area contributed by atoms with Gasteiger partial charge in [0.25, 0.3) is 0 Å². The summed E-state index contributed by atoms with van der Waals surface area (Å²) in [5, 5.41) is 15.8. The molecular formula is C15H15F2N3O2. The van der Waals surface area contributed by atoms with Crippen molar-refractivity contribution in [3.8, 4) is 5.69 Å². The number of nitrogens with one attached hydrogen (secondary N) is 1. The third-order valence-electron chi connectivity index (χ3n) is 3.75. The minimum Gasteiger partial charge on any atom is -0.387 e. The van der Waals surface area contributed by atoms with Crippen LogP contribution in [0.15, 0.2) is 24.4 Å². The molecule has 0 radical (unpaired) electrons. The van der Waals surface area contributed by atoms with Gasteiger partial charge in [-0.2, -0.15) is 5.10 Å². The second-order valence-corrected chi connectivity index (χ2v) is 5.26. The number of hydrogen-bond donors (Lipinski definition) is 2. The van der Waals surface area contributed by atoms with E-state index in [0.717, 1.165) is 30.2 Å². The lowest BCUT2D eigenvalue weighted by molar-refractivity contribution is -0.124. The van der Waals surface area contributed by atoms with Crippen molar-refractivity contribution >= 4 is 5.91 Å². The summed E-state index contributed by atoms with van der Waals surface area (Å²) in [4.78, 5) is 11.4. The second-order valence-electron chi connectivity index (χ2n) is 5.26. The summed E-state index contributed by atoms with van der Waals surface area (Å²) in [6, 6.07) is 3.00. The predicted molar refractivity (Wildman–Crippen MR) is 74.4 cm³/mol. The molecule has 1 aliphatic carbocycles. The highest BCUT2D eigenvalue weighted by molar-refractivity contribution is 5.77. The van der Waals surface area contributed by atoms with E-state index in [1.165, 1.54) is 16.8 Å². The first-order chi connectivity index (χ1) is 10.6. The number of aromatic nitrogens is 2. The Bertz CT molecular complexity index is 695. The Hall–Kier alpha value is -2.28. The number of benzene rings is 1. The molecule has 1 aliphatic rings. The fourth-order valence-corrected chi connectivity index (χ4v) is 2.83. The van der Waals surface area contributed by atoms with Gasteiger partial charge in [0.1, 0.15) is 18.2 Å². The van der Waals surface area contributed by atoms with E-state index < -0.39 is 24.1 Å². The standard InChI is InChI=1S/C15H15F2N3O2/c16-9-4-10(17)6-11(5-9)20-14-3-1-2-13(12(14)7-18-20)19-15(22)8-21/h4-7,13,21H,1-3,8H2,(H,19,22). The minimum absolute atomic E-state index is 0.240. The summed E-state index contributed by atoms with van der Waals surface area (Å²) >= 11 is 0. The maximum atomic E-state index is 13.4. The molecule has 2 aromatic rings. The van der Waals surface area contributed by atoms with Crippen LogP contribution in [0.4, 0.5) is 8.78 Å². The molecule has 1 heterocycles. The molecule has 0 aliphatic heterocycles. The van der Waals surface area contributed by atoms with Gasteiger partial charge in [0.2, 0.25) is 5.91 Å². The zero-order chi connectivity index (χ0) is 15.7. The molecule has 2 N–H and O–H groups in total. The zero-order valence-corrected chi connectivity index (χ0v) is 11.7. The average Bonchev–Trinajstić information content (AvgIpc) is 2.91. The molecule has 1 unspecified atom stereocenters. The van der Waals surface area contributed by atoms with Crippen LogP contribution in [0.3, 0.4) is 0 Å². The number of aliphatic hydroxyl groups is 1. The van der Waals surface area contributed by atoms with Gasteiger partial charge in [0.15, 0.2) is 0 Å². The van der Waals surface area contributed by atoms with Gasteiger partial charge in [-0.15, -0.1) is 0 Å². The Balaban J connectivity index is 1.98. The van der Waals surface area contributed by atoms with Crippen molar-refractivity contribution in [2.75, 3.05) is 6.61 Å². The minimum atomic E-state index is -0.666. The third kappa shape index (κ3) is 2.71. The molecule has 3 rings (SSSR count). The lowest BCUT2D eigenvalue weighted by Gasteiger charge is -2.24. The summed E-state index contributed by atoms with van der Waals surface area (Å²) in [7, 11) is 0. The molecule has 7 heteroatoms. The van der Waals surface area contributed by atoms with Crippen molar-refractivity contribution in [2.45, 2.75) is 25.3 Å². The van der Waals surface area contributed by atoms with E-state index in [9.17, 15) is 13.6 Å². The number of nitrogens with zero attached hydrogens (tertiary/aromatic N) is 2. The van der Waals surface area contributed by atoms with E-state index in [1.54, 1.807) is 6.20 Å². The highest BCUT2D eigenvalue weighted by atomic mass is 19.1. The molecule has 1 aromatic heterocycles. The summed E-state index contributed by atoms with van der Waals surface area (Å²) in [5.41, 5.74) is 1.95. The molecule has 1 atom stereocenters. The average molecular weight is 307 g/mol. The Kier molecular flexibility index (Phi) is 3.89. The van der Waals surface area contributed by atoms with Crippen molar-refractivity contribution in [3.05, 3.63) is 47.3 Å². The van der Waals surface area contributed by atoms with Gasteiger partial charge in [-0.3, -0.25) is 4.79 Å². The summed E-state index contributed by atoms with van der Waals surface area (Å²) in [5.74, 6) is -1.79. The highest BCUT2D eigenvalue weighted by Gasteiger charge is 2.26. The molecule has 0 saturated heterocycles. The van der Waals surface area contributed by atoms with Crippen molar-refractivity contribution in [3.63, 3.8) is 0 Å². The molecule has 0 spiro atoms. The number of carbonyl (C=O) groups excluding carboxylic acids is 1. The number of aliphatic hydroxyl groups excluding tert-OH is 1. The number of hydrogen-bond acceptors (Lipinski definition) is 3. The molecule has 22 heavy (non-hydrogen) atoms. The number of fused-ring (bicyclic) bond motifs is 1. The van der Waals surface area contributed by atoms with Crippen LogP contribution >= 0.6 is 0 Å². The molecule has 116 valence electrons. The van der Waals surface area contributed by atoms with E-state index in [1.807, 2.05) is 0 Å². The first-order valence-corrected chi connectivity index (χ1v) is 7.02. The van der Waals surface area contributed by atoms with E-state index in [4.69, 9.17) is 5.11 Å². The Morgan fingerprint density at radius 3 is 2.77 bits per heavy atom. The van der Waals surface area contributed by atoms with Crippen LogP contribution in [-0.4, -0.2) is 27.4 Å². The molecule has 0 fully saturated rings. The van der Waals surface area contributed by atoms with Crippen LogP contribution in [0.25, 0.3) is 5.69 Å². The summed E-state index contributed by atoms with van der Waals surface area (Å²) < 4.78 is 28.3. The van der Waals surface area contributed by atoms with Crippen LogP contribution in [0, 0.1) is 11.6 Å². The fourth-order valence-electron chi connectivity index (χ4n) is 2.83. The lowest BCUT2D eigenvalue weighted by atomic mass is 9.93. The van der Waals surface area contributed by atoms with Crippen LogP contribution in [-0.2, 0) is 11.2 Å². The topological polar surface area (TPSA) is 67.2 Å². The van der Waals surface area contributed by atoms with Gasteiger partial charge >= 0.3 is 0 Å². The normalized spacial score (nSPS) is 17.1. The van der Waals surface area contributed by atoms with E-state index in [-0.39, 0.29) is 6.04 Å². The van der Waals surface area contributed by atoms with E-state index >= 15 is 0 Å². The van der Waals surface area contributed by atoms with Crippen molar-refractivity contribution in [1.82, 2.24) is 15.1 Å². The Labute approximate surface area is 125 Å². The predicted octanol–water partition coefficient (Wildman–Crippen LogP) is 1.64. The van der Waals surface area contributed by atoms with Gasteiger partial charge in [-0.1, -0.05) is 0 Å². The van der Waals surface area contributed by atoms with Gasteiger partial charge < -0.3 is 10.4 Å². The van der Waals surface area contributed by atoms with Gasteiger partial charge in [-0.05, 0) is 31.4 Å². The van der Waals surface area contributed by atoms with Gasteiger partial charge in [0, 0.05) is 17.3 Å². The quantitative estimate of drug-likeness (QED) is 0.906. The maximum absolute atomic E-state index is 13.4. The SMILES string of the molecule is O=C(CO)NC1CCCc2c1cnn2-c1cc(F)cc(F)c1. The number of amides is 1. The fraction of sp³-hybridized carbons (Fsp3) is 0.333. The van der Waals surface area contributed by atoms with Crippen molar-refractivity contribution in [2.24, 2.45) is 0 Å². The van der Waals surface area contributed by atoms with Crippen molar-refractivity contribution in [1.29, 1.82) is 0 Å². The van der Waals surface area contributed by atoms with Crippen molar-refractivity contribution < 1.29 is 18.7 Å². The number of halogens is 2. The van der Waals surface area contributed by atoms with Gasteiger partial charge in [-0.25, -0.2) is 13.5 Å². The number of rotatable bonds is 3. The molecule has 0 bridgehead atoms. The molecule has 1 aromatic carbocycles. The largest absolute Gasteiger partial charge is 0.387 e. The Morgan fingerprint density at radius 1 is 1.36 bits per heavy atom. The molecule has 5 nitrogen and oxygen atoms in total. The Morgan fingerprint density at radius 2 is 2.09 bits per heavy atom. The van der Waals surface area contributed by atoms with Crippen LogP contribution < -0.4 is 5.32 Å². The number of carbonyl (C=O) groups is 1. The monoisotopic (exact) mass is 307 g/mol. The molecule has 0 saturated carbocycles. The first-order valence-electron chi connectivity index (χ1n) is 7.02.